The maximum Gasteiger partial charge on any atom is 0.294 e. The predicted octanol–water partition coefficient (Wildman–Crippen LogP) is 3.18. The van der Waals surface area contributed by atoms with Crippen LogP contribution in [0.5, 0.6) is 0 Å². The fourth-order valence-corrected chi connectivity index (χ4v) is 3.91. The number of hydrogen-bond acceptors (Lipinski definition) is 6. The predicted molar refractivity (Wildman–Crippen MR) is 133 cm³/mol. The molecule has 1 fully saturated rings. The molecule has 1 aliphatic rings. The maximum atomic E-state index is 13.6. The van der Waals surface area contributed by atoms with Crippen LogP contribution >= 0.6 is 0 Å². The van der Waals surface area contributed by atoms with Gasteiger partial charge in [0.2, 0.25) is 0 Å². The van der Waals surface area contributed by atoms with Crippen LogP contribution in [-0.4, -0.2) is 40.4 Å². The number of aliphatic hydroxyl groups is 1. The van der Waals surface area contributed by atoms with Crippen molar-refractivity contribution in [2.45, 2.75) is 39.3 Å². The van der Waals surface area contributed by atoms with E-state index in [1.54, 1.807) is 10.6 Å². The lowest BCUT2D eigenvalue weighted by molar-refractivity contribution is 0.274. The van der Waals surface area contributed by atoms with Crippen molar-refractivity contribution in [3.63, 3.8) is 0 Å². The first-order valence-corrected chi connectivity index (χ1v) is 11.1. The van der Waals surface area contributed by atoms with Gasteiger partial charge in [0.05, 0.1) is 29.6 Å². The van der Waals surface area contributed by atoms with E-state index < -0.39 is 0 Å². The number of anilines is 1. The molecule has 3 N–H and O–H groups in total. The number of aryl methyl sites for hydroxylation is 1. The summed E-state index contributed by atoms with van der Waals surface area (Å²) < 4.78 is 1.61. The van der Waals surface area contributed by atoms with Crippen molar-refractivity contribution < 1.29 is 5.11 Å². The van der Waals surface area contributed by atoms with Gasteiger partial charge in [-0.05, 0) is 38.3 Å². The molecule has 2 heterocycles. The van der Waals surface area contributed by atoms with Gasteiger partial charge in [-0.25, -0.2) is 4.98 Å². The molecule has 0 radical (unpaired) electrons. The van der Waals surface area contributed by atoms with Gasteiger partial charge in [0, 0.05) is 31.2 Å². The molecule has 0 bridgehead atoms. The highest BCUT2D eigenvalue weighted by molar-refractivity contribution is 5.78. The van der Waals surface area contributed by atoms with Crippen LogP contribution < -0.4 is 16.2 Å². The van der Waals surface area contributed by atoms with Crippen LogP contribution in [0.4, 0.5) is 5.82 Å². The van der Waals surface area contributed by atoms with Gasteiger partial charge in [0.15, 0.2) is 5.82 Å². The summed E-state index contributed by atoms with van der Waals surface area (Å²) >= 11 is 0. The lowest BCUT2D eigenvalue weighted by atomic mass is 10.0. The van der Waals surface area contributed by atoms with Crippen molar-refractivity contribution in [3.8, 4) is 17.3 Å². The first kappa shape index (κ1) is 24.2. The van der Waals surface area contributed by atoms with Crippen LogP contribution in [-0.2, 0) is 6.54 Å². The minimum atomic E-state index is -0.231. The Labute approximate surface area is 194 Å². The Hall–Kier alpha value is -3.47. The highest BCUT2D eigenvalue weighted by Gasteiger charge is 2.25. The molecule has 1 aliphatic heterocycles. The molecule has 0 atom stereocenters. The third-order valence-corrected chi connectivity index (χ3v) is 5.87. The molecule has 0 spiro atoms. The van der Waals surface area contributed by atoms with Crippen LogP contribution in [0.25, 0.3) is 16.8 Å². The Morgan fingerprint density at radius 2 is 1.97 bits per heavy atom. The van der Waals surface area contributed by atoms with Crippen molar-refractivity contribution in [2.24, 2.45) is 5.73 Å². The molecule has 0 unspecified atom stereocenters. The third kappa shape index (κ3) is 5.48. The number of allylic oxidation sites excluding steroid dienone is 5. The van der Waals surface area contributed by atoms with Gasteiger partial charge >= 0.3 is 0 Å². The van der Waals surface area contributed by atoms with Crippen molar-refractivity contribution in [1.29, 1.82) is 5.26 Å². The Bertz CT molecular complexity index is 1160. The number of aromatic nitrogens is 2. The number of rotatable bonds is 7. The fraction of sp³-hybridized carbons (Fsp3) is 0.346. The minimum absolute atomic E-state index is 0.127. The van der Waals surface area contributed by atoms with Gasteiger partial charge < -0.3 is 20.3 Å². The number of nitriles is 1. The molecule has 2 aromatic rings. The van der Waals surface area contributed by atoms with E-state index in [0.717, 1.165) is 29.5 Å². The largest absolute Gasteiger partial charge is 0.395 e. The topological polar surface area (TPSA) is 108 Å². The number of nitrogens with two attached hydrogens (primary N) is 1. The number of aliphatic hydroxyl groups excluding tert-OH is 1. The summed E-state index contributed by atoms with van der Waals surface area (Å²) in [6.45, 7) is 8.85. The summed E-state index contributed by atoms with van der Waals surface area (Å²) in [4.78, 5) is 20.4. The van der Waals surface area contributed by atoms with Crippen LogP contribution in [0.1, 0.15) is 31.0 Å². The van der Waals surface area contributed by atoms with Gasteiger partial charge in [0.1, 0.15) is 0 Å². The molecule has 0 aliphatic carbocycles. The van der Waals surface area contributed by atoms with Crippen LogP contribution in [0.2, 0.25) is 0 Å². The zero-order valence-electron chi connectivity index (χ0n) is 19.3. The minimum Gasteiger partial charge on any atom is -0.395 e. The van der Waals surface area contributed by atoms with Crippen LogP contribution in [0.15, 0.2) is 59.4 Å². The molecule has 1 aromatic carbocycles. The normalized spacial score (nSPS) is 15.4. The van der Waals surface area contributed by atoms with E-state index in [9.17, 15) is 15.2 Å². The highest BCUT2D eigenvalue weighted by Crippen LogP contribution is 2.29. The smallest absolute Gasteiger partial charge is 0.294 e. The van der Waals surface area contributed by atoms with E-state index in [0.29, 0.717) is 35.9 Å². The monoisotopic (exact) mass is 445 g/mol. The van der Waals surface area contributed by atoms with Crippen molar-refractivity contribution in [1.82, 2.24) is 9.55 Å². The van der Waals surface area contributed by atoms with Crippen LogP contribution in [0, 0.1) is 18.3 Å². The fourth-order valence-electron chi connectivity index (χ4n) is 3.91. The molecule has 0 amide bonds. The maximum absolute atomic E-state index is 13.6. The summed E-state index contributed by atoms with van der Waals surface area (Å²) in [7, 11) is 0. The summed E-state index contributed by atoms with van der Waals surface area (Å²) in [6.07, 6.45) is 6.57. The summed E-state index contributed by atoms with van der Waals surface area (Å²) in [5.41, 5.74) is 10.3. The second-order valence-electron chi connectivity index (χ2n) is 8.29. The number of benzene rings is 1. The van der Waals surface area contributed by atoms with Gasteiger partial charge in [-0.2, -0.15) is 5.26 Å². The number of piperidine rings is 1. The molecule has 1 aromatic heterocycles. The van der Waals surface area contributed by atoms with Gasteiger partial charge in [0.25, 0.3) is 5.56 Å². The molecule has 3 rings (SSSR count). The molecule has 172 valence electrons. The molecule has 7 heteroatoms. The Balaban J connectivity index is 2.28. The SMILES string of the molecule is C=C/C(C#N)=C\C=C(/C)c1nc(N2CCC(N)CC2)c(=O)n(CCO)c1-c1ccc(C)cc1. The average molecular weight is 446 g/mol. The second kappa shape index (κ2) is 10.9. The van der Waals surface area contributed by atoms with Crippen molar-refractivity contribution >= 4 is 11.4 Å². The van der Waals surface area contributed by atoms with Gasteiger partial charge in [-0.3, -0.25) is 4.79 Å². The van der Waals surface area contributed by atoms with Gasteiger partial charge in [-0.15, -0.1) is 0 Å². The summed E-state index contributed by atoms with van der Waals surface area (Å²) in [5, 5.41) is 19.0. The third-order valence-electron chi connectivity index (χ3n) is 5.87. The van der Waals surface area contributed by atoms with E-state index in [1.165, 1.54) is 6.08 Å². The molecule has 7 nitrogen and oxygen atoms in total. The molecule has 0 saturated carbocycles. The molecular formula is C26H31N5O2. The van der Waals surface area contributed by atoms with E-state index in [4.69, 9.17) is 10.7 Å². The van der Waals surface area contributed by atoms with E-state index in [-0.39, 0.29) is 24.8 Å². The van der Waals surface area contributed by atoms with Crippen LogP contribution in [0.3, 0.4) is 0 Å². The van der Waals surface area contributed by atoms with Gasteiger partial charge in [-0.1, -0.05) is 48.6 Å². The van der Waals surface area contributed by atoms with Crippen molar-refractivity contribution in [3.05, 3.63) is 76.3 Å². The molecule has 1 saturated heterocycles. The average Bonchev–Trinajstić information content (AvgIpc) is 2.82. The van der Waals surface area contributed by atoms with E-state index >= 15 is 0 Å². The van der Waals surface area contributed by atoms with Crippen molar-refractivity contribution in [2.75, 3.05) is 24.6 Å². The highest BCUT2D eigenvalue weighted by atomic mass is 16.3. The molecular weight excluding hydrogens is 414 g/mol. The lowest BCUT2D eigenvalue weighted by Crippen LogP contribution is -2.43. The zero-order chi connectivity index (χ0) is 24.0. The first-order valence-electron chi connectivity index (χ1n) is 11.1. The zero-order valence-corrected chi connectivity index (χ0v) is 19.3. The summed E-state index contributed by atoms with van der Waals surface area (Å²) in [5.74, 6) is 0.363. The summed E-state index contributed by atoms with van der Waals surface area (Å²) in [6, 6.07) is 10.1. The Morgan fingerprint density at radius 3 is 2.55 bits per heavy atom. The Morgan fingerprint density at radius 1 is 1.30 bits per heavy atom. The number of hydrogen-bond donors (Lipinski definition) is 2. The standard InChI is InChI=1S/C26H31N5O2/c1-4-20(17-27)8-7-19(3)23-24(21-9-5-18(2)6-10-21)31(15-16-32)26(33)25(29-23)30-13-11-22(28)12-14-30/h4-10,22,32H,1,11-16,28H2,2-3H3/b19-7+,20-8+. The molecule has 33 heavy (non-hydrogen) atoms. The number of nitrogens with zero attached hydrogens (tertiary/aromatic N) is 4. The second-order valence-corrected chi connectivity index (χ2v) is 8.29. The van der Waals surface area contributed by atoms with E-state index in [2.05, 4.69) is 12.6 Å². The first-order chi connectivity index (χ1) is 15.9. The quantitative estimate of drug-likeness (QED) is 0.501. The van der Waals surface area contributed by atoms with E-state index in [1.807, 2.05) is 49.1 Å². The lowest BCUT2D eigenvalue weighted by Gasteiger charge is -2.31. The Kier molecular flexibility index (Phi) is 7.99.